The van der Waals surface area contributed by atoms with Gasteiger partial charge in [0.05, 0.1) is 32.2 Å². The monoisotopic (exact) mass is 606 g/mol. The lowest BCUT2D eigenvalue weighted by molar-refractivity contribution is -0.147. The molecule has 7 nitrogen and oxygen atoms in total. The van der Waals surface area contributed by atoms with E-state index in [1.165, 1.54) is 40.7 Å². The first-order valence-electron chi connectivity index (χ1n) is 11.5. The first-order valence-corrected chi connectivity index (χ1v) is 12.0. The normalized spacial score (nSPS) is 11.4. The molecule has 1 N–H and O–H groups in total. The van der Waals surface area contributed by atoms with E-state index in [9.17, 15) is 26.3 Å². The number of alkyl halides is 7. The molecule has 0 aliphatic carbocycles. The predicted octanol–water partition coefficient (Wildman–Crippen LogP) is 7.10. The topological polar surface area (TPSA) is 74.3 Å². The Labute approximate surface area is 237 Å². The van der Waals surface area contributed by atoms with Crippen molar-refractivity contribution in [3.63, 3.8) is 0 Å². The number of benzene rings is 2. The van der Waals surface area contributed by atoms with Gasteiger partial charge in [0.25, 0.3) is 0 Å². The van der Waals surface area contributed by atoms with Crippen LogP contribution in [0.25, 0.3) is 22.5 Å². The highest BCUT2D eigenvalue weighted by Gasteiger charge is 2.37. The molecule has 2 heterocycles. The van der Waals surface area contributed by atoms with Gasteiger partial charge >= 0.3 is 12.4 Å². The number of rotatable bonds is 6. The summed E-state index contributed by atoms with van der Waals surface area (Å²) in [4.78, 5) is 7.25. The summed E-state index contributed by atoms with van der Waals surface area (Å²) in [5.74, 6) is -0.817. The van der Waals surface area contributed by atoms with Crippen molar-refractivity contribution < 1.29 is 40.9 Å². The SMILES string of the molecule is C.COc1cc(CCl)ccc1-c1cn(C)c(C(F)(F)F)n1.COc1cc(CO)ccc1-c1cn(C)c(C(F)(F)F)n1. The number of imidazole rings is 2. The van der Waals surface area contributed by atoms with Crippen molar-refractivity contribution in [1.29, 1.82) is 0 Å². The van der Waals surface area contributed by atoms with Crippen LogP contribution in [0.4, 0.5) is 26.3 Å². The predicted molar refractivity (Wildman–Crippen MR) is 143 cm³/mol. The molecule has 0 amide bonds. The maximum atomic E-state index is 12.7. The fourth-order valence-corrected chi connectivity index (χ4v) is 3.96. The summed E-state index contributed by atoms with van der Waals surface area (Å²) in [5.41, 5.74) is 2.74. The highest BCUT2D eigenvalue weighted by molar-refractivity contribution is 6.17. The van der Waals surface area contributed by atoms with Crippen molar-refractivity contribution in [1.82, 2.24) is 19.1 Å². The van der Waals surface area contributed by atoms with Crippen molar-refractivity contribution in [2.24, 2.45) is 14.1 Å². The number of ether oxygens (including phenoxy) is 2. The fourth-order valence-electron chi connectivity index (χ4n) is 3.79. The Morgan fingerprint density at radius 1 is 0.756 bits per heavy atom. The number of aliphatic hydroxyl groups is 1. The van der Waals surface area contributed by atoms with E-state index >= 15 is 0 Å². The quantitative estimate of drug-likeness (QED) is 0.187. The molecule has 224 valence electrons. The molecule has 2 aromatic heterocycles. The van der Waals surface area contributed by atoms with Crippen LogP contribution >= 0.6 is 11.6 Å². The molecular formula is C27H29ClF6N4O3. The van der Waals surface area contributed by atoms with Crippen LogP contribution in [0.1, 0.15) is 30.2 Å². The highest BCUT2D eigenvalue weighted by atomic mass is 35.5. The first kappa shape index (κ1) is 33.5. The minimum Gasteiger partial charge on any atom is -0.496 e. The maximum Gasteiger partial charge on any atom is 0.449 e. The summed E-state index contributed by atoms with van der Waals surface area (Å²) < 4.78 is 88.6. The van der Waals surface area contributed by atoms with Crippen LogP contribution in [0.2, 0.25) is 0 Å². The second-order valence-electron chi connectivity index (χ2n) is 8.48. The molecule has 2 aromatic carbocycles. The zero-order chi connectivity index (χ0) is 29.8. The van der Waals surface area contributed by atoms with E-state index in [0.717, 1.165) is 14.7 Å². The van der Waals surface area contributed by atoms with E-state index in [1.807, 2.05) is 0 Å². The summed E-state index contributed by atoms with van der Waals surface area (Å²) in [6, 6.07) is 9.82. The van der Waals surface area contributed by atoms with Gasteiger partial charge in [-0.05, 0) is 35.4 Å². The molecule has 0 fully saturated rings. The second kappa shape index (κ2) is 13.3. The number of methoxy groups -OCH3 is 2. The van der Waals surface area contributed by atoms with Gasteiger partial charge in [0, 0.05) is 43.5 Å². The van der Waals surface area contributed by atoms with Crippen LogP contribution in [0.3, 0.4) is 0 Å². The standard InChI is InChI=1S/C13H12ClF3N2O.C13H13F3N2O2.CH4/c1-19-7-10(18-12(19)13(15,16)17)9-4-3-8(6-14)5-11(9)20-2;1-18-6-10(17-12(18)13(14,15)16)9-4-3-8(7-19)5-11(9)20-2;/h3-5,7H,6H2,1-2H3;3-6,19H,7H2,1-2H3;1H4. The minimum absolute atomic E-state index is 0. The van der Waals surface area contributed by atoms with Crippen LogP contribution in [-0.2, 0) is 38.9 Å². The summed E-state index contributed by atoms with van der Waals surface area (Å²) in [5, 5.41) is 9.05. The molecule has 4 rings (SSSR count). The minimum atomic E-state index is -4.51. The van der Waals surface area contributed by atoms with Crippen LogP contribution in [0.5, 0.6) is 11.5 Å². The van der Waals surface area contributed by atoms with E-state index < -0.39 is 24.0 Å². The Morgan fingerprint density at radius 3 is 1.46 bits per heavy atom. The van der Waals surface area contributed by atoms with Crippen molar-refractivity contribution in [3.8, 4) is 34.0 Å². The van der Waals surface area contributed by atoms with E-state index in [-0.39, 0.29) is 25.4 Å². The summed E-state index contributed by atoms with van der Waals surface area (Å²) >= 11 is 5.72. The zero-order valence-corrected chi connectivity index (χ0v) is 22.5. The van der Waals surface area contributed by atoms with Crippen molar-refractivity contribution in [3.05, 3.63) is 71.6 Å². The molecule has 4 aromatic rings. The maximum absolute atomic E-state index is 12.7. The van der Waals surface area contributed by atoms with Gasteiger partial charge in [-0.3, -0.25) is 0 Å². The molecule has 41 heavy (non-hydrogen) atoms. The average molecular weight is 607 g/mol. The fraction of sp³-hybridized carbons (Fsp3) is 0.333. The molecule has 0 bridgehead atoms. The molecule has 0 aliphatic rings. The molecule has 0 radical (unpaired) electrons. The lowest BCUT2D eigenvalue weighted by atomic mass is 10.1. The Hall–Kier alpha value is -3.71. The van der Waals surface area contributed by atoms with Gasteiger partial charge in [-0.25, -0.2) is 9.97 Å². The van der Waals surface area contributed by atoms with Gasteiger partial charge in [-0.15, -0.1) is 11.6 Å². The Morgan fingerprint density at radius 2 is 1.15 bits per heavy atom. The third kappa shape index (κ3) is 7.73. The molecule has 0 saturated heterocycles. The van der Waals surface area contributed by atoms with Crippen molar-refractivity contribution >= 4 is 11.6 Å². The molecule has 0 atom stereocenters. The Bertz CT molecular complexity index is 1350. The molecular weight excluding hydrogens is 578 g/mol. The Balaban J connectivity index is 0.000000280. The van der Waals surface area contributed by atoms with Gasteiger partial charge in [-0.1, -0.05) is 19.6 Å². The first-order chi connectivity index (χ1) is 18.7. The van der Waals surface area contributed by atoms with Gasteiger partial charge in [0.2, 0.25) is 11.6 Å². The van der Waals surface area contributed by atoms with Gasteiger partial charge in [-0.2, -0.15) is 26.3 Å². The van der Waals surface area contributed by atoms with Gasteiger partial charge < -0.3 is 23.7 Å². The second-order valence-corrected chi connectivity index (χ2v) is 8.75. The molecule has 0 saturated carbocycles. The zero-order valence-electron chi connectivity index (χ0n) is 21.7. The number of nitrogens with zero attached hydrogens (tertiary/aromatic N) is 4. The summed E-state index contributed by atoms with van der Waals surface area (Å²) in [6.45, 7) is -0.174. The molecule has 0 spiro atoms. The number of aryl methyl sites for hydroxylation is 2. The van der Waals surface area contributed by atoms with Crippen LogP contribution in [0, 0.1) is 0 Å². The van der Waals surface area contributed by atoms with Crippen LogP contribution in [-0.4, -0.2) is 38.4 Å². The van der Waals surface area contributed by atoms with E-state index in [1.54, 1.807) is 36.4 Å². The third-order valence-electron chi connectivity index (χ3n) is 5.68. The number of hydrogen-bond donors (Lipinski definition) is 1. The molecule has 0 aliphatic heterocycles. The number of aliphatic hydroxyl groups excluding tert-OH is 1. The highest BCUT2D eigenvalue weighted by Crippen LogP contribution is 2.36. The average Bonchev–Trinajstić information content (AvgIpc) is 3.50. The lowest BCUT2D eigenvalue weighted by Crippen LogP contribution is -2.12. The van der Waals surface area contributed by atoms with E-state index in [0.29, 0.717) is 34.1 Å². The van der Waals surface area contributed by atoms with E-state index in [4.69, 9.17) is 26.2 Å². The molecule has 0 unspecified atom stereocenters. The third-order valence-corrected chi connectivity index (χ3v) is 5.99. The van der Waals surface area contributed by atoms with Crippen molar-refractivity contribution in [2.75, 3.05) is 14.2 Å². The summed E-state index contributed by atoms with van der Waals surface area (Å²) in [7, 11) is 5.45. The van der Waals surface area contributed by atoms with E-state index in [2.05, 4.69) is 9.97 Å². The van der Waals surface area contributed by atoms with Crippen LogP contribution in [0.15, 0.2) is 48.8 Å². The summed E-state index contributed by atoms with van der Waals surface area (Å²) in [6.07, 6.45) is -6.39. The van der Waals surface area contributed by atoms with Crippen molar-refractivity contribution in [2.45, 2.75) is 32.3 Å². The van der Waals surface area contributed by atoms with Gasteiger partial charge in [0.1, 0.15) is 11.5 Å². The Kier molecular flexibility index (Phi) is 10.9. The molecule has 14 heteroatoms. The largest absolute Gasteiger partial charge is 0.496 e. The lowest BCUT2D eigenvalue weighted by Gasteiger charge is -2.08. The van der Waals surface area contributed by atoms with Crippen LogP contribution < -0.4 is 9.47 Å². The number of aromatic nitrogens is 4. The smallest absolute Gasteiger partial charge is 0.449 e. The van der Waals surface area contributed by atoms with Gasteiger partial charge in [0.15, 0.2) is 0 Å². The number of halogens is 7. The number of hydrogen-bond acceptors (Lipinski definition) is 5.